The Morgan fingerprint density at radius 3 is 2.67 bits per heavy atom. The van der Waals surface area contributed by atoms with Crippen LogP contribution in [0.5, 0.6) is 0 Å². The van der Waals surface area contributed by atoms with Crippen molar-refractivity contribution in [1.29, 1.82) is 0 Å². The minimum absolute atomic E-state index is 0.192. The van der Waals surface area contributed by atoms with Crippen LogP contribution < -0.4 is 10.0 Å². The first-order valence-corrected chi connectivity index (χ1v) is 9.56. The van der Waals surface area contributed by atoms with Crippen molar-refractivity contribution in [3.8, 4) is 0 Å². The molecule has 0 aliphatic rings. The third-order valence-corrected chi connectivity index (χ3v) is 5.62. The third kappa shape index (κ3) is 5.41. The number of nitrogens with one attached hydrogen (secondary N) is 2. The molecule has 0 saturated carbocycles. The Hall–Kier alpha value is -0.340. The zero-order chi connectivity index (χ0) is 16.0. The summed E-state index contributed by atoms with van der Waals surface area (Å²) in [7, 11) is -2.28. The Bertz CT molecular complexity index is 582. The molecular weight excluding hydrogens is 335 g/mol. The third-order valence-electron chi connectivity index (χ3n) is 2.66. The second-order valence-corrected chi connectivity index (χ2v) is 8.03. The maximum Gasteiger partial charge on any atom is 0.243 e. The SMILES string of the molecule is CCSCC(C)NS(=O)(=O)c1cc(Cl)cc(CNC)c1F. The molecule has 1 aromatic rings. The van der Waals surface area contributed by atoms with Gasteiger partial charge in [-0.3, -0.25) is 0 Å². The Balaban J connectivity index is 3.07. The highest BCUT2D eigenvalue weighted by Crippen LogP contribution is 2.24. The van der Waals surface area contributed by atoms with Crippen molar-refractivity contribution in [3.63, 3.8) is 0 Å². The first-order valence-electron chi connectivity index (χ1n) is 6.54. The van der Waals surface area contributed by atoms with Gasteiger partial charge in [-0.25, -0.2) is 17.5 Å². The van der Waals surface area contributed by atoms with E-state index in [0.717, 1.165) is 11.8 Å². The standard InChI is InChI=1S/C13H20ClFN2O2S2/c1-4-20-8-9(2)17-21(18,19)12-6-11(14)5-10(7-16-3)13(12)15/h5-6,9,16-17H,4,7-8H2,1-3H3. The Morgan fingerprint density at radius 2 is 2.10 bits per heavy atom. The molecular formula is C13H20ClFN2O2S2. The van der Waals surface area contributed by atoms with Gasteiger partial charge in [0.1, 0.15) is 10.7 Å². The van der Waals surface area contributed by atoms with Gasteiger partial charge in [0.2, 0.25) is 10.0 Å². The quantitative estimate of drug-likeness (QED) is 0.753. The molecule has 0 spiro atoms. The molecule has 0 aromatic heterocycles. The van der Waals surface area contributed by atoms with Crippen LogP contribution in [-0.4, -0.2) is 33.0 Å². The van der Waals surface area contributed by atoms with Crippen LogP contribution in [0, 0.1) is 5.82 Å². The van der Waals surface area contributed by atoms with Gasteiger partial charge in [0.05, 0.1) is 0 Å². The molecule has 0 heterocycles. The molecule has 4 nitrogen and oxygen atoms in total. The maximum atomic E-state index is 14.3. The number of thioether (sulfide) groups is 1. The number of halogens is 2. The second kappa shape index (κ2) is 8.33. The van der Waals surface area contributed by atoms with Gasteiger partial charge < -0.3 is 5.32 Å². The van der Waals surface area contributed by atoms with E-state index in [4.69, 9.17) is 11.6 Å². The van der Waals surface area contributed by atoms with Crippen molar-refractivity contribution >= 4 is 33.4 Å². The molecule has 2 N–H and O–H groups in total. The Kier molecular flexibility index (Phi) is 7.42. The fourth-order valence-electron chi connectivity index (χ4n) is 1.79. The summed E-state index contributed by atoms with van der Waals surface area (Å²) in [5, 5.41) is 2.97. The molecule has 0 aliphatic heterocycles. The minimum Gasteiger partial charge on any atom is -0.316 e. The highest BCUT2D eigenvalue weighted by atomic mass is 35.5. The van der Waals surface area contributed by atoms with Crippen molar-refractivity contribution in [2.24, 2.45) is 0 Å². The molecule has 0 saturated heterocycles. The van der Waals surface area contributed by atoms with Crippen molar-refractivity contribution < 1.29 is 12.8 Å². The van der Waals surface area contributed by atoms with Crippen LogP contribution in [0.4, 0.5) is 4.39 Å². The van der Waals surface area contributed by atoms with Crippen LogP contribution in [0.1, 0.15) is 19.4 Å². The Morgan fingerprint density at radius 1 is 1.43 bits per heavy atom. The van der Waals surface area contributed by atoms with Gasteiger partial charge in [0.25, 0.3) is 0 Å². The van der Waals surface area contributed by atoms with Gasteiger partial charge in [-0.15, -0.1) is 0 Å². The van der Waals surface area contributed by atoms with Gasteiger partial charge in [-0.1, -0.05) is 18.5 Å². The lowest BCUT2D eigenvalue weighted by molar-refractivity contribution is 0.541. The van der Waals surface area contributed by atoms with E-state index in [1.807, 2.05) is 6.92 Å². The van der Waals surface area contributed by atoms with E-state index in [9.17, 15) is 12.8 Å². The van der Waals surface area contributed by atoms with E-state index < -0.39 is 20.7 Å². The normalized spacial score (nSPS) is 13.4. The molecule has 0 amide bonds. The molecule has 1 unspecified atom stereocenters. The average Bonchev–Trinajstić information content (AvgIpc) is 2.39. The van der Waals surface area contributed by atoms with Gasteiger partial charge in [0, 0.05) is 28.9 Å². The summed E-state index contributed by atoms with van der Waals surface area (Å²) in [5.74, 6) is 0.752. The zero-order valence-electron chi connectivity index (χ0n) is 12.2. The van der Waals surface area contributed by atoms with E-state index >= 15 is 0 Å². The second-order valence-electron chi connectivity index (χ2n) is 4.59. The van der Waals surface area contributed by atoms with Gasteiger partial charge in [0.15, 0.2) is 0 Å². The molecule has 1 aromatic carbocycles. The molecule has 0 bridgehead atoms. The lowest BCUT2D eigenvalue weighted by Crippen LogP contribution is -2.35. The highest BCUT2D eigenvalue weighted by molar-refractivity contribution is 7.99. The fourth-order valence-corrected chi connectivity index (χ4v) is 4.26. The topological polar surface area (TPSA) is 58.2 Å². The predicted octanol–water partition coefficient (Wildman–Crippen LogP) is 2.62. The summed E-state index contributed by atoms with van der Waals surface area (Å²) in [5.41, 5.74) is 0.223. The summed E-state index contributed by atoms with van der Waals surface area (Å²) < 4.78 is 41.4. The maximum absolute atomic E-state index is 14.3. The van der Waals surface area contributed by atoms with Crippen molar-refractivity contribution in [3.05, 3.63) is 28.5 Å². The molecule has 21 heavy (non-hydrogen) atoms. The van der Waals surface area contributed by atoms with Crippen LogP contribution in [-0.2, 0) is 16.6 Å². The summed E-state index contributed by atoms with van der Waals surface area (Å²) in [6.45, 7) is 3.94. The number of sulfonamides is 1. The molecule has 1 rings (SSSR count). The highest BCUT2D eigenvalue weighted by Gasteiger charge is 2.24. The van der Waals surface area contributed by atoms with Gasteiger partial charge in [-0.05, 0) is 31.9 Å². The van der Waals surface area contributed by atoms with E-state index in [1.54, 1.807) is 25.7 Å². The smallest absolute Gasteiger partial charge is 0.243 e. The summed E-state index contributed by atoms with van der Waals surface area (Å²) in [4.78, 5) is -0.409. The molecule has 8 heteroatoms. The first kappa shape index (κ1) is 18.7. The van der Waals surface area contributed by atoms with Crippen LogP contribution in [0.3, 0.4) is 0 Å². The Labute approximate surface area is 134 Å². The number of benzene rings is 1. The van der Waals surface area contributed by atoms with Crippen LogP contribution >= 0.6 is 23.4 Å². The van der Waals surface area contributed by atoms with Crippen LogP contribution in [0.15, 0.2) is 17.0 Å². The summed E-state index contributed by atoms with van der Waals surface area (Å²) in [6.07, 6.45) is 0. The molecule has 1 atom stereocenters. The van der Waals surface area contributed by atoms with Crippen molar-refractivity contribution in [1.82, 2.24) is 10.0 Å². The first-order chi connectivity index (χ1) is 9.81. The van der Waals surface area contributed by atoms with Crippen LogP contribution in [0.2, 0.25) is 5.02 Å². The zero-order valence-corrected chi connectivity index (χ0v) is 14.6. The van der Waals surface area contributed by atoms with Crippen molar-refractivity contribution in [2.45, 2.75) is 31.3 Å². The van der Waals surface area contributed by atoms with E-state index in [2.05, 4.69) is 10.0 Å². The van der Waals surface area contributed by atoms with E-state index in [-0.39, 0.29) is 23.2 Å². The molecule has 0 fully saturated rings. The lowest BCUT2D eigenvalue weighted by atomic mass is 10.2. The fraction of sp³-hybridized carbons (Fsp3) is 0.538. The summed E-state index contributed by atoms with van der Waals surface area (Å²) >= 11 is 7.51. The summed E-state index contributed by atoms with van der Waals surface area (Å²) in [6, 6.07) is 2.27. The minimum atomic E-state index is -3.93. The van der Waals surface area contributed by atoms with E-state index in [1.165, 1.54) is 6.07 Å². The number of hydrogen-bond acceptors (Lipinski definition) is 4. The van der Waals surface area contributed by atoms with Gasteiger partial charge in [-0.2, -0.15) is 11.8 Å². The average molecular weight is 355 g/mol. The largest absolute Gasteiger partial charge is 0.316 e. The predicted molar refractivity (Wildman–Crippen MR) is 87.0 cm³/mol. The molecule has 0 radical (unpaired) electrons. The number of hydrogen-bond donors (Lipinski definition) is 2. The van der Waals surface area contributed by atoms with Gasteiger partial charge >= 0.3 is 0 Å². The molecule has 120 valence electrons. The van der Waals surface area contributed by atoms with E-state index in [0.29, 0.717) is 5.75 Å². The lowest BCUT2D eigenvalue weighted by Gasteiger charge is -2.15. The number of rotatable bonds is 8. The van der Waals surface area contributed by atoms with Crippen molar-refractivity contribution in [2.75, 3.05) is 18.6 Å². The molecule has 0 aliphatic carbocycles. The monoisotopic (exact) mass is 354 g/mol. The van der Waals surface area contributed by atoms with Crippen LogP contribution in [0.25, 0.3) is 0 Å².